The van der Waals surface area contributed by atoms with E-state index in [9.17, 15) is 30.6 Å². The minimum Gasteiger partial charge on any atom is -0.394 e. The quantitative estimate of drug-likeness (QED) is 0.178. The highest BCUT2D eigenvalue weighted by molar-refractivity contribution is 4.99. The molecule has 2 saturated heterocycles. The molecule has 0 radical (unpaired) electrons. The Morgan fingerprint density at radius 2 is 1.50 bits per heavy atom. The Bertz CT molecular complexity index is 616. The first kappa shape index (κ1) is 26.1. The Morgan fingerprint density at radius 1 is 0.875 bits per heavy atom. The lowest BCUT2D eigenvalue weighted by Crippen LogP contribution is -2.66. The van der Waals surface area contributed by atoms with Crippen molar-refractivity contribution in [1.82, 2.24) is 0 Å². The first-order valence-electron chi connectivity index (χ1n) is 10.9. The average molecular weight is 468 g/mol. The standard InChI is InChI=1S/C19H37N3O10/c1-5-3-7(21)16(31-18-9(22)12(26)11(25)8(4-23)29-18)17(10(5)24)32-19-14(28)13(27)15(30-19)6(2)20/h5-19,23-28H,3-4,20-22H2,1-2H3/t5-,6+,7?,8?,9+,10-,11-,12?,13-,14?,15-,16-,17?,18-,19+/m1/s1. The normalized spacial score (nSPS) is 53.3. The van der Waals surface area contributed by atoms with E-state index in [1.54, 1.807) is 13.8 Å². The number of hydrogen-bond acceptors (Lipinski definition) is 13. The van der Waals surface area contributed by atoms with E-state index in [-0.39, 0.29) is 5.92 Å². The van der Waals surface area contributed by atoms with Crippen LogP contribution in [-0.4, -0.2) is 123 Å². The van der Waals surface area contributed by atoms with Crippen LogP contribution in [0.2, 0.25) is 0 Å². The summed E-state index contributed by atoms with van der Waals surface area (Å²) in [5.74, 6) is -0.291. The van der Waals surface area contributed by atoms with Crippen LogP contribution >= 0.6 is 0 Å². The van der Waals surface area contributed by atoms with Crippen LogP contribution in [0.3, 0.4) is 0 Å². The summed E-state index contributed by atoms with van der Waals surface area (Å²) < 4.78 is 22.9. The van der Waals surface area contributed by atoms with Crippen LogP contribution in [0.25, 0.3) is 0 Å². The van der Waals surface area contributed by atoms with Crippen LogP contribution in [0.4, 0.5) is 0 Å². The van der Waals surface area contributed by atoms with Gasteiger partial charge in [-0.15, -0.1) is 0 Å². The molecule has 1 aliphatic carbocycles. The van der Waals surface area contributed by atoms with Gasteiger partial charge in [-0.3, -0.25) is 0 Å². The third-order valence-electron chi connectivity index (χ3n) is 6.60. The highest BCUT2D eigenvalue weighted by atomic mass is 16.7. The van der Waals surface area contributed by atoms with Gasteiger partial charge in [0.15, 0.2) is 12.6 Å². The molecule has 2 heterocycles. The second kappa shape index (κ2) is 10.4. The minimum atomic E-state index is -1.43. The molecular formula is C19H37N3O10. The molecule has 15 atom stereocenters. The summed E-state index contributed by atoms with van der Waals surface area (Å²) in [5, 5.41) is 61.0. The van der Waals surface area contributed by atoms with Crippen LogP contribution < -0.4 is 17.2 Å². The molecule has 0 bridgehead atoms. The predicted molar refractivity (Wildman–Crippen MR) is 108 cm³/mol. The van der Waals surface area contributed by atoms with Crippen LogP contribution in [0.15, 0.2) is 0 Å². The van der Waals surface area contributed by atoms with E-state index in [0.29, 0.717) is 6.42 Å². The van der Waals surface area contributed by atoms with Gasteiger partial charge in [-0.2, -0.15) is 0 Å². The zero-order valence-electron chi connectivity index (χ0n) is 18.1. The maximum Gasteiger partial charge on any atom is 0.187 e. The molecule has 3 fully saturated rings. The van der Waals surface area contributed by atoms with E-state index >= 15 is 0 Å². The first-order valence-corrected chi connectivity index (χ1v) is 10.9. The fraction of sp³-hybridized carbons (Fsp3) is 1.00. The molecule has 13 heteroatoms. The Morgan fingerprint density at radius 3 is 2.06 bits per heavy atom. The number of nitrogens with two attached hydrogens (primary N) is 3. The molecule has 0 aromatic carbocycles. The Labute approximate surface area is 186 Å². The highest BCUT2D eigenvalue weighted by Crippen LogP contribution is 2.34. The predicted octanol–water partition coefficient (Wildman–Crippen LogP) is -4.95. The molecule has 13 nitrogen and oxygen atoms in total. The van der Waals surface area contributed by atoms with Crippen molar-refractivity contribution in [3.63, 3.8) is 0 Å². The number of aliphatic hydroxyl groups is 6. The summed E-state index contributed by atoms with van der Waals surface area (Å²) >= 11 is 0. The van der Waals surface area contributed by atoms with Gasteiger partial charge in [0.2, 0.25) is 0 Å². The number of aliphatic hydroxyl groups excluding tert-OH is 6. The Kier molecular flexibility index (Phi) is 8.48. The van der Waals surface area contributed by atoms with E-state index < -0.39 is 92.2 Å². The van der Waals surface area contributed by atoms with E-state index in [2.05, 4.69) is 0 Å². The molecule has 2 aliphatic heterocycles. The lowest BCUT2D eigenvalue weighted by Gasteiger charge is -2.47. The van der Waals surface area contributed by atoms with E-state index in [1.807, 2.05) is 0 Å². The van der Waals surface area contributed by atoms with Gasteiger partial charge in [0.25, 0.3) is 0 Å². The average Bonchev–Trinajstić information content (AvgIpc) is 3.03. The summed E-state index contributed by atoms with van der Waals surface area (Å²) in [5.41, 5.74) is 18.0. The third-order valence-corrected chi connectivity index (χ3v) is 6.60. The molecule has 0 aromatic rings. The number of hydrogen-bond donors (Lipinski definition) is 9. The topological polar surface area (TPSA) is 236 Å². The fourth-order valence-corrected chi connectivity index (χ4v) is 4.56. The van der Waals surface area contributed by atoms with Crippen LogP contribution in [0, 0.1) is 5.92 Å². The molecule has 188 valence electrons. The summed E-state index contributed by atoms with van der Waals surface area (Å²) in [6.07, 6.45) is -13.0. The van der Waals surface area contributed by atoms with Gasteiger partial charge >= 0.3 is 0 Å². The van der Waals surface area contributed by atoms with Crippen molar-refractivity contribution in [2.45, 2.75) is 106 Å². The molecule has 12 N–H and O–H groups in total. The van der Waals surface area contributed by atoms with Gasteiger partial charge in [0, 0.05) is 12.1 Å². The summed E-state index contributed by atoms with van der Waals surface area (Å²) in [6.45, 7) is 2.80. The molecule has 32 heavy (non-hydrogen) atoms. The number of ether oxygens (including phenoxy) is 4. The maximum absolute atomic E-state index is 10.8. The van der Waals surface area contributed by atoms with Gasteiger partial charge in [-0.25, -0.2) is 0 Å². The molecule has 3 aliphatic rings. The van der Waals surface area contributed by atoms with Gasteiger partial charge in [-0.1, -0.05) is 6.92 Å². The largest absolute Gasteiger partial charge is 0.394 e. The molecule has 0 spiro atoms. The SMILES string of the molecule is C[C@H](N)[C@H]1O[C@@H](OC2[C@H](O[C@H]3OC(CO)[C@@H](O)C(O)[C@@H]3N)C(N)C[C@@H](C)[C@H]2O)C(O)[C@H]1O. The van der Waals surface area contributed by atoms with Crippen LogP contribution in [-0.2, 0) is 18.9 Å². The fourth-order valence-electron chi connectivity index (χ4n) is 4.56. The van der Waals surface area contributed by atoms with E-state index in [4.69, 9.17) is 36.1 Å². The van der Waals surface area contributed by atoms with Gasteiger partial charge in [0.1, 0.15) is 48.8 Å². The smallest absolute Gasteiger partial charge is 0.187 e. The molecule has 0 aromatic heterocycles. The Balaban J connectivity index is 1.78. The maximum atomic E-state index is 10.8. The monoisotopic (exact) mass is 467 g/mol. The zero-order valence-corrected chi connectivity index (χ0v) is 18.1. The molecule has 5 unspecified atom stereocenters. The van der Waals surface area contributed by atoms with Crippen molar-refractivity contribution in [2.75, 3.05) is 6.61 Å². The summed E-state index contributed by atoms with van der Waals surface area (Å²) in [6, 6.07) is -2.41. The van der Waals surface area contributed by atoms with Crippen molar-refractivity contribution in [3.8, 4) is 0 Å². The lowest BCUT2D eigenvalue weighted by atomic mass is 9.80. The van der Waals surface area contributed by atoms with Crippen LogP contribution in [0.1, 0.15) is 20.3 Å². The van der Waals surface area contributed by atoms with E-state index in [1.165, 1.54) is 0 Å². The lowest BCUT2D eigenvalue weighted by molar-refractivity contribution is -0.312. The molecular weight excluding hydrogens is 430 g/mol. The summed E-state index contributed by atoms with van der Waals surface area (Å²) in [7, 11) is 0. The minimum absolute atomic E-state index is 0.291. The van der Waals surface area contributed by atoms with Crippen molar-refractivity contribution < 1.29 is 49.6 Å². The second-order valence-corrected chi connectivity index (χ2v) is 9.16. The van der Waals surface area contributed by atoms with Gasteiger partial charge in [-0.05, 0) is 19.3 Å². The van der Waals surface area contributed by atoms with Crippen molar-refractivity contribution in [1.29, 1.82) is 0 Å². The van der Waals surface area contributed by atoms with Crippen molar-refractivity contribution >= 4 is 0 Å². The van der Waals surface area contributed by atoms with Gasteiger partial charge < -0.3 is 66.8 Å². The van der Waals surface area contributed by atoms with Crippen molar-refractivity contribution in [3.05, 3.63) is 0 Å². The van der Waals surface area contributed by atoms with Crippen LogP contribution in [0.5, 0.6) is 0 Å². The van der Waals surface area contributed by atoms with Crippen molar-refractivity contribution in [2.24, 2.45) is 23.1 Å². The first-order chi connectivity index (χ1) is 15.0. The van der Waals surface area contributed by atoms with Gasteiger partial charge in [0.05, 0.1) is 18.8 Å². The molecule has 1 saturated carbocycles. The van der Waals surface area contributed by atoms with E-state index in [0.717, 1.165) is 0 Å². The zero-order chi connectivity index (χ0) is 23.9. The highest BCUT2D eigenvalue weighted by Gasteiger charge is 2.52. The number of rotatable bonds is 6. The molecule has 0 amide bonds. The third kappa shape index (κ3) is 4.95. The molecule has 3 rings (SSSR count). The Hall–Kier alpha value is -0.520. The summed E-state index contributed by atoms with van der Waals surface area (Å²) in [4.78, 5) is 0. The second-order valence-electron chi connectivity index (χ2n) is 9.16.